The molecule has 3 aromatic rings. The summed E-state index contributed by atoms with van der Waals surface area (Å²) in [5, 5.41) is 12.2. The lowest BCUT2D eigenvalue weighted by atomic mass is 9.90. The van der Waals surface area contributed by atoms with Crippen LogP contribution in [0, 0.1) is 31.5 Å². The van der Waals surface area contributed by atoms with Gasteiger partial charge in [-0.1, -0.05) is 19.3 Å². The third kappa shape index (κ3) is 6.14. The molecule has 5 rings (SSSR count). The number of anilines is 2. The Bertz CT molecular complexity index is 1390. The molecule has 2 fully saturated rings. The second kappa shape index (κ2) is 11.6. The van der Waals surface area contributed by atoms with Crippen LogP contribution in [0.5, 0.6) is 5.75 Å². The molecule has 0 spiro atoms. The first-order valence-electron chi connectivity index (χ1n) is 13.6. The maximum Gasteiger partial charge on any atom is 0.309 e. The number of likely N-dealkylation sites (tertiary alicyclic amines) is 1. The van der Waals surface area contributed by atoms with Gasteiger partial charge in [-0.15, -0.1) is 0 Å². The van der Waals surface area contributed by atoms with Gasteiger partial charge in [-0.05, 0) is 73.6 Å². The lowest BCUT2D eigenvalue weighted by Crippen LogP contribution is -2.49. The molecule has 0 amide bonds. The Balaban J connectivity index is 1.34. The molecular formula is C30H35FN4O4. The van der Waals surface area contributed by atoms with E-state index in [9.17, 15) is 14.0 Å². The van der Waals surface area contributed by atoms with Crippen LogP contribution in [0.1, 0.15) is 48.8 Å². The largest absolute Gasteiger partial charge is 0.491 e. The van der Waals surface area contributed by atoms with Crippen LogP contribution in [0.2, 0.25) is 0 Å². The van der Waals surface area contributed by atoms with E-state index >= 15 is 0 Å². The van der Waals surface area contributed by atoms with Crippen molar-refractivity contribution in [3.63, 3.8) is 0 Å². The van der Waals surface area contributed by atoms with Gasteiger partial charge in [-0.25, -0.2) is 9.37 Å². The number of hydrogen-bond acceptors (Lipinski definition) is 6. The highest BCUT2D eigenvalue weighted by atomic mass is 19.1. The summed E-state index contributed by atoms with van der Waals surface area (Å²) in [4.78, 5) is 31.0. The number of rotatable bonds is 9. The molecule has 2 aromatic carbocycles. The predicted octanol–water partition coefficient (Wildman–Crippen LogP) is 5.21. The maximum absolute atomic E-state index is 14.1. The van der Waals surface area contributed by atoms with Gasteiger partial charge in [0.2, 0.25) is 0 Å². The van der Waals surface area contributed by atoms with E-state index < -0.39 is 11.8 Å². The highest BCUT2D eigenvalue weighted by Crippen LogP contribution is 2.30. The fraction of sp³-hybridized carbons (Fsp3) is 0.433. The van der Waals surface area contributed by atoms with E-state index in [2.05, 4.69) is 15.2 Å². The Labute approximate surface area is 227 Å². The van der Waals surface area contributed by atoms with Crippen LogP contribution < -0.4 is 15.6 Å². The summed E-state index contributed by atoms with van der Waals surface area (Å²) in [7, 11) is 0. The van der Waals surface area contributed by atoms with Crippen LogP contribution in [-0.2, 0) is 11.3 Å². The van der Waals surface area contributed by atoms with Gasteiger partial charge in [0.15, 0.2) is 5.82 Å². The molecule has 0 bridgehead atoms. The molecule has 2 N–H and O–H groups in total. The normalized spacial score (nSPS) is 16.6. The molecule has 1 aromatic heterocycles. The van der Waals surface area contributed by atoms with Crippen molar-refractivity contribution in [2.24, 2.45) is 11.8 Å². The Morgan fingerprint density at radius 3 is 2.54 bits per heavy atom. The monoisotopic (exact) mass is 534 g/mol. The molecule has 0 atom stereocenters. The quantitative estimate of drug-likeness (QED) is 0.389. The van der Waals surface area contributed by atoms with Gasteiger partial charge in [0.25, 0.3) is 5.56 Å². The van der Waals surface area contributed by atoms with Crippen molar-refractivity contribution in [3.8, 4) is 11.4 Å². The SMILES string of the molecule is Cc1cc(-n2ccnc(Nc3ccc(F)cc3OCC3CCCCC3)c2=O)cc(C)c1CN1CC(C(=O)O)C1. The van der Waals surface area contributed by atoms with Crippen molar-refractivity contribution in [3.05, 3.63) is 75.6 Å². The van der Waals surface area contributed by atoms with Crippen molar-refractivity contribution in [2.75, 3.05) is 25.0 Å². The van der Waals surface area contributed by atoms with Gasteiger partial charge in [0.05, 0.1) is 18.2 Å². The molecule has 39 heavy (non-hydrogen) atoms. The lowest BCUT2D eigenvalue weighted by molar-refractivity contribution is -0.147. The number of halogens is 1. The molecular weight excluding hydrogens is 499 g/mol. The number of nitrogens with zero attached hydrogens (tertiary/aromatic N) is 3. The average Bonchev–Trinajstić information content (AvgIpc) is 2.88. The number of hydrogen-bond donors (Lipinski definition) is 2. The van der Waals surface area contributed by atoms with Gasteiger partial charge in [-0.2, -0.15) is 0 Å². The molecule has 1 aliphatic heterocycles. The van der Waals surface area contributed by atoms with Crippen molar-refractivity contribution >= 4 is 17.5 Å². The fourth-order valence-corrected chi connectivity index (χ4v) is 5.55. The summed E-state index contributed by atoms with van der Waals surface area (Å²) in [5.41, 5.74) is 4.06. The van der Waals surface area contributed by atoms with Crippen LogP contribution in [0.15, 0.2) is 47.5 Å². The highest BCUT2D eigenvalue weighted by molar-refractivity contribution is 5.71. The minimum Gasteiger partial charge on any atom is -0.491 e. The van der Waals surface area contributed by atoms with Crippen LogP contribution in [0.25, 0.3) is 5.69 Å². The first-order valence-corrected chi connectivity index (χ1v) is 13.6. The zero-order valence-electron chi connectivity index (χ0n) is 22.5. The summed E-state index contributed by atoms with van der Waals surface area (Å²) in [6, 6.07) is 8.16. The fourth-order valence-electron chi connectivity index (χ4n) is 5.55. The van der Waals surface area contributed by atoms with E-state index in [0.717, 1.165) is 29.5 Å². The van der Waals surface area contributed by atoms with Crippen LogP contribution in [-0.4, -0.2) is 45.2 Å². The number of carboxylic acids is 1. The van der Waals surface area contributed by atoms with E-state index in [1.807, 2.05) is 26.0 Å². The predicted molar refractivity (Wildman–Crippen MR) is 147 cm³/mol. The number of ether oxygens (including phenoxy) is 1. The first kappa shape index (κ1) is 26.9. The van der Waals surface area contributed by atoms with Gasteiger partial charge >= 0.3 is 5.97 Å². The van der Waals surface area contributed by atoms with Crippen molar-refractivity contribution in [2.45, 2.75) is 52.5 Å². The second-order valence-corrected chi connectivity index (χ2v) is 10.8. The molecule has 0 radical (unpaired) electrons. The number of carbonyl (C=O) groups is 1. The zero-order chi connectivity index (χ0) is 27.5. The van der Waals surface area contributed by atoms with E-state index in [-0.39, 0.29) is 17.3 Å². The lowest BCUT2D eigenvalue weighted by Gasteiger charge is -2.37. The molecule has 0 unspecified atom stereocenters. The molecule has 206 valence electrons. The standard InChI is InChI=1S/C30H35FN4O4/c1-19-12-24(13-20(2)25(19)17-34-15-22(16-34)30(37)38)35-11-10-32-28(29(35)36)33-26-9-8-23(31)14-27(26)39-18-21-6-4-3-5-7-21/h8-14,21-22H,3-7,15-18H2,1-2H3,(H,32,33)(H,37,38). The Morgan fingerprint density at radius 2 is 1.85 bits per heavy atom. The van der Waals surface area contributed by atoms with Crippen molar-refractivity contribution in [1.29, 1.82) is 0 Å². The number of carboxylic acid groups (broad SMARTS) is 1. The zero-order valence-corrected chi connectivity index (χ0v) is 22.5. The Kier molecular flexibility index (Phi) is 7.97. The summed E-state index contributed by atoms with van der Waals surface area (Å²) in [5.74, 6) is -0.516. The van der Waals surface area contributed by atoms with E-state index in [1.54, 1.807) is 18.5 Å². The van der Waals surface area contributed by atoms with Gasteiger partial charge in [-0.3, -0.25) is 19.1 Å². The van der Waals surface area contributed by atoms with Gasteiger partial charge < -0.3 is 15.2 Å². The number of benzene rings is 2. The van der Waals surface area contributed by atoms with E-state index in [0.29, 0.717) is 49.3 Å². The molecule has 1 saturated carbocycles. The van der Waals surface area contributed by atoms with Gasteiger partial charge in [0, 0.05) is 43.8 Å². The van der Waals surface area contributed by atoms with Crippen molar-refractivity contribution < 1.29 is 19.0 Å². The van der Waals surface area contributed by atoms with Crippen molar-refractivity contribution in [1.82, 2.24) is 14.5 Å². The maximum atomic E-state index is 14.1. The molecule has 2 aliphatic rings. The number of nitrogens with one attached hydrogen (secondary N) is 1. The van der Waals surface area contributed by atoms with Crippen LogP contribution in [0.3, 0.4) is 0 Å². The highest BCUT2D eigenvalue weighted by Gasteiger charge is 2.32. The minimum atomic E-state index is -0.750. The summed E-state index contributed by atoms with van der Waals surface area (Å²) in [6.45, 7) is 6.28. The van der Waals surface area contributed by atoms with E-state index in [1.165, 1.54) is 36.0 Å². The van der Waals surface area contributed by atoms with Crippen LogP contribution in [0.4, 0.5) is 15.9 Å². The minimum absolute atomic E-state index is 0.117. The third-order valence-electron chi connectivity index (χ3n) is 7.88. The Hall–Kier alpha value is -3.72. The molecule has 2 heterocycles. The Morgan fingerprint density at radius 1 is 1.13 bits per heavy atom. The molecule has 8 nitrogen and oxygen atoms in total. The average molecular weight is 535 g/mol. The number of aliphatic carboxylic acids is 1. The van der Waals surface area contributed by atoms with Crippen LogP contribution >= 0.6 is 0 Å². The summed E-state index contributed by atoms with van der Waals surface area (Å²) in [6.07, 6.45) is 9.05. The first-order chi connectivity index (χ1) is 18.8. The topological polar surface area (TPSA) is 96.7 Å². The third-order valence-corrected chi connectivity index (χ3v) is 7.88. The smallest absolute Gasteiger partial charge is 0.309 e. The summed E-state index contributed by atoms with van der Waals surface area (Å²) >= 11 is 0. The number of aryl methyl sites for hydroxylation is 2. The molecule has 1 saturated heterocycles. The number of aromatic nitrogens is 2. The summed E-state index contributed by atoms with van der Waals surface area (Å²) < 4.78 is 21.6. The van der Waals surface area contributed by atoms with E-state index in [4.69, 9.17) is 9.84 Å². The molecule has 1 aliphatic carbocycles. The second-order valence-electron chi connectivity index (χ2n) is 10.8. The van der Waals surface area contributed by atoms with Gasteiger partial charge in [0.1, 0.15) is 11.6 Å². The molecule has 9 heteroatoms.